The molecule has 1 fully saturated rings. The van der Waals surface area contributed by atoms with Crippen molar-refractivity contribution in [2.75, 3.05) is 26.2 Å². The summed E-state index contributed by atoms with van der Waals surface area (Å²) in [5, 5.41) is 7.61. The number of hydrazone groups is 1. The number of nitrogens with one attached hydrogen (secondary N) is 1. The van der Waals surface area contributed by atoms with Gasteiger partial charge in [0.1, 0.15) is 6.54 Å². The Morgan fingerprint density at radius 2 is 1.68 bits per heavy atom. The van der Waals surface area contributed by atoms with E-state index in [0.29, 0.717) is 0 Å². The fourth-order valence-corrected chi connectivity index (χ4v) is 2.90. The van der Waals surface area contributed by atoms with Crippen molar-refractivity contribution in [3.05, 3.63) is 70.7 Å². The van der Waals surface area contributed by atoms with E-state index in [1.165, 1.54) is 5.56 Å². The number of nitrogens with zero attached hydrogens (tertiary/aromatic N) is 2. The van der Waals surface area contributed by atoms with E-state index >= 15 is 0 Å². The molecule has 114 valence electrons. The highest BCUT2D eigenvalue weighted by molar-refractivity contribution is 6.31. The molecule has 0 amide bonds. The summed E-state index contributed by atoms with van der Waals surface area (Å²) in [4.78, 5) is 1.57. The molecule has 2 aromatic carbocycles. The Labute approximate surface area is 136 Å². The van der Waals surface area contributed by atoms with Crippen LogP contribution >= 0.6 is 11.6 Å². The van der Waals surface area contributed by atoms with Gasteiger partial charge in [-0.25, -0.2) is 0 Å². The quantitative estimate of drug-likeness (QED) is 0.857. The maximum absolute atomic E-state index is 6.24. The molecule has 1 aliphatic rings. The lowest BCUT2D eigenvalue weighted by molar-refractivity contribution is -0.918. The highest BCUT2D eigenvalue weighted by atomic mass is 35.5. The smallest absolute Gasteiger partial charge is 0.104 e. The molecule has 4 heteroatoms. The molecule has 3 nitrogen and oxygen atoms in total. The van der Waals surface area contributed by atoms with Crippen LogP contribution in [0.1, 0.15) is 11.1 Å². The largest absolute Gasteiger partial charge is 0.328 e. The third-order valence-electron chi connectivity index (χ3n) is 4.01. The summed E-state index contributed by atoms with van der Waals surface area (Å²) in [6.45, 7) is 5.16. The average Bonchev–Trinajstić information content (AvgIpc) is 2.57. The van der Waals surface area contributed by atoms with Crippen LogP contribution in [0, 0.1) is 0 Å². The zero-order valence-corrected chi connectivity index (χ0v) is 13.3. The maximum Gasteiger partial charge on any atom is 0.104 e. The second kappa shape index (κ2) is 7.43. The first-order valence-electron chi connectivity index (χ1n) is 7.72. The zero-order valence-electron chi connectivity index (χ0n) is 12.6. The predicted molar refractivity (Wildman–Crippen MR) is 91.5 cm³/mol. The third kappa shape index (κ3) is 4.09. The summed E-state index contributed by atoms with van der Waals surface area (Å²) in [7, 11) is 0. The van der Waals surface area contributed by atoms with Crippen LogP contribution in [0.25, 0.3) is 0 Å². The molecule has 0 radical (unpaired) electrons. The van der Waals surface area contributed by atoms with Gasteiger partial charge in [-0.2, -0.15) is 5.10 Å². The molecule has 0 aromatic heterocycles. The molecule has 22 heavy (non-hydrogen) atoms. The number of benzene rings is 2. The molecule has 1 saturated heterocycles. The van der Waals surface area contributed by atoms with Gasteiger partial charge in [0.15, 0.2) is 0 Å². The van der Waals surface area contributed by atoms with Gasteiger partial charge >= 0.3 is 0 Å². The third-order valence-corrected chi connectivity index (χ3v) is 4.38. The minimum Gasteiger partial charge on any atom is -0.328 e. The predicted octanol–water partition coefficient (Wildman–Crippen LogP) is 2.07. The molecule has 1 aliphatic heterocycles. The van der Waals surface area contributed by atoms with Gasteiger partial charge in [0.2, 0.25) is 0 Å². The van der Waals surface area contributed by atoms with Crippen LogP contribution in [0.15, 0.2) is 59.7 Å². The van der Waals surface area contributed by atoms with Crippen LogP contribution in [0.2, 0.25) is 5.02 Å². The van der Waals surface area contributed by atoms with E-state index in [0.717, 1.165) is 43.3 Å². The molecular weight excluding hydrogens is 294 g/mol. The topological polar surface area (TPSA) is 20.0 Å². The van der Waals surface area contributed by atoms with Crippen molar-refractivity contribution in [1.29, 1.82) is 0 Å². The lowest BCUT2D eigenvalue weighted by Crippen LogP contribution is -3.13. The molecule has 0 bridgehead atoms. The van der Waals surface area contributed by atoms with E-state index in [1.807, 2.05) is 36.5 Å². The Kier molecular flexibility index (Phi) is 5.09. The summed E-state index contributed by atoms with van der Waals surface area (Å²) >= 11 is 6.24. The van der Waals surface area contributed by atoms with E-state index < -0.39 is 0 Å². The van der Waals surface area contributed by atoms with Crippen LogP contribution in [0.3, 0.4) is 0 Å². The number of hydrogen-bond acceptors (Lipinski definition) is 2. The Hall–Kier alpha value is -1.84. The van der Waals surface area contributed by atoms with Gasteiger partial charge in [0.25, 0.3) is 0 Å². The van der Waals surface area contributed by atoms with Gasteiger partial charge in [0.05, 0.1) is 32.4 Å². The molecular formula is C18H21ClN3+. The van der Waals surface area contributed by atoms with E-state index in [4.69, 9.17) is 11.6 Å². The van der Waals surface area contributed by atoms with E-state index in [1.54, 1.807) is 4.90 Å². The van der Waals surface area contributed by atoms with Gasteiger partial charge in [-0.15, -0.1) is 0 Å². The number of piperazine rings is 1. The number of hydrogen-bond donors (Lipinski definition) is 1. The molecule has 0 spiro atoms. The van der Waals surface area contributed by atoms with Crippen molar-refractivity contribution in [3.63, 3.8) is 0 Å². The van der Waals surface area contributed by atoms with Gasteiger partial charge in [-0.1, -0.05) is 60.1 Å². The van der Waals surface area contributed by atoms with Gasteiger partial charge < -0.3 is 4.90 Å². The highest BCUT2D eigenvalue weighted by Crippen LogP contribution is 2.13. The minimum absolute atomic E-state index is 0.875. The van der Waals surface area contributed by atoms with Crippen LogP contribution < -0.4 is 4.90 Å². The SMILES string of the molecule is Clc1ccccc1C[NH+]1CCN(N=Cc2ccccc2)CC1. The monoisotopic (exact) mass is 314 g/mol. The Bertz CT molecular complexity index is 619. The summed E-state index contributed by atoms with van der Waals surface area (Å²) in [6, 6.07) is 18.4. The lowest BCUT2D eigenvalue weighted by Gasteiger charge is -2.30. The second-order valence-electron chi connectivity index (χ2n) is 5.63. The first-order chi connectivity index (χ1) is 10.8. The van der Waals surface area contributed by atoms with Crippen LogP contribution in [0.4, 0.5) is 0 Å². The zero-order chi connectivity index (χ0) is 15.2. The van der Waals surface area contributed by atoms with E-state index in [-0.39, 0.29) is 0 Å². The van der Waals surface area contributed by atoms with E-state index in [9.17, 15) is 0 Å². The van der Waals surface area contributed by atoms with Gasteiger partial charge in [-0.3, -0.25) is 5.01 Å². The van der Waals surface area contributed by atoms with Crippen molar-refractivity contribution in [3.8, 4) is 0 Å². The second-order valence-corrected chi connectivity index (χ2v) is 6.03. The van der Waals surface area contributed by atoms with E-state index in [2.05, 4.69) is 34.4 Å². The first-order valence-corrected chi connectivity index (χ1v) is 8.10. The van der Waals surface area contributed by atoms with Gasteiger partial charge in [0, 0.05) is 10.6 Å². The standard InChI is InChI=1S/C18H20ClN3/c19-18-9-5-4-8-17(18)15-21-10-12-22(13-11-21)20-14-16-6-2-1-3-7-16/h1-9,14H,10-13,15H2/p+1. The van der Waals surface area contributed by atoms with Gasteiger partial charge in [-0.05, 0) is 11.6 Å². The van der Waals surface area contributed by atoms with Crippen molar-refractivity contribution in [2.24, 2.45) is 5.10 Å². The van der Waals surface area contributed by atoms with Crippen molar-refractivity contribution in [1.82, 2.24) is 5.01 Å². The Morgan fingerprint density at radius 3 is 2.41 bits per heavy atom. The summed E-state index contributed by atoms with van der Waals surface area (Å²) in [5.74, 6) is 0. The number of halogens is 1. The average molecular weight is 315 g/mol. The lowest BCUT2D eigenvalue weighted by atomic mass is 10.2. The molecule has 2 aromatic rings. The molecule has 0 aliphatic carbocycles. The molecule has 0 atom stereocenters. The minimum atomic E-state index is 0.875. The van der Waals surface area contributed by atoms with Crippen LogP contribution in [-0.2, 0) is 6.54 Å². The Balaban J connectivity index is 1.50. The fraction of sp³-hybridized carbons (Fsp3) is 0.278. The normalized spacial score (nSPS) is 16.3. The molecule has 1 N–H and O–H groups in total. The Morgan fingerprint density at radius 1 is 1.00 bits per heavy atom. The van der Waals surface area contributed by atoms with Crippen molar-refractivity contribution < 1.29 is 4.90 Å². The number of rotatable bonds is 4. The summed E-state index contributed by atoms with van der Waals surface area (Å²) in [6.07, 6.45) is 1.94. The summed E-state index contributed by atoms with van der Waals surface area (Å²) < 4.78 is 0. The van der Waals surface area contributed by atoms with Crippen molar-refractivity contribution >= 4 is 17.8 Å². The molecule has 0 saturated carbocycles. The number of quaternary nitrogens is 1. The molecule has 0 unspecified atom stereocenters. The maximum atomic E-state index is 6.24. The van der Waals surface area contributed by atoms with Crippen LogP contribution in [-0.4, -0.2) is 37.4 Å². The highest BCUT2D eigenvalue weighted by Gasteiger charge is 2.19. The first kappa shape index (κ1) is 15.1. The molecule has 3 rings (SSSR count). The van der Waals surface area contributed by atoms with Crippen molar-refractivity contribution in [2.45, 2.75) is 6.54 Å². The summed E-state index contributed by atoms with van der Waals surface area (Å²) in [5.41, 5.74) is 2.38. The molecule has 1 heterocycles. The fourth-order valence-electron chi connectivity index (χ4n) is 2.70. The van der Waals surface area contributed by atoms with Crippen LogP contribution in [0.5, 0.6) is 0 Å².